The summed E-state index contributed by atoms with van der Waals surface area (Å²) in [6, 6.07) is 9.35. The molecule has 37 heavy (non-hydrogen) atoms. The first-order valence-corrected chi connectivity index (χ1v) is 12.6. The van der Waals surface area contributed by atoms with Crippen LogP contribution in [0.15, 0.2) is 35.3 Å². The Bertz CT molecular complexity index is 1130. The molecule has 2 saturated heterocycles. The Hall–Kier alpha value is -3.09. The van der Waals surface area contributed by atoms with Gasteiger partial charge in [0.15, 0.2) is 10.7 Å². The predicted octanol–water partition coefficient (Wildman–Crippen LogP) is 2.20. The number of nitrogens with zero attached hydrogens (tertiary/aromatic N) is 3. The zero-order valence-electron chi connectivity index (χ0n) is 20.1. The second kappa shape index (κ2) is 9.99. The number of halogens is 3. The standard InChI is InChI=1S/C22H25N3O4S.C2HF3O2/c1-24-18(26)16-15-11-23-21(30-12-14-8-9-14)25(15)22(20(28)29-2,17(16)19(24)27)10-13-6-4-3-5-7-13;3-2(4,5)1(6)7/h3-7,14-17H,8-12H2,1-2H3;(H,6,7)/t15-,16+,17-,22-;/m1./s1. The third-order valence-electron chi connectivity index (χ3n) is 7.12. The van der Waals surface area contributed by atoms with Crippen molar-refractivity contribution in [3.8, 4) is 0 Å². The Balaban J connectivity index is 0.000000405. The van der Waals surface area contributed by atoms with Gasteiger partial charge in [-0.25, -0.2) is 9.59 Å². The highest BCUT2D eigenvalue weighted by molar-refractivity contribution is 8.13. The Kier molecular flexibility index (Phi) is 7.28. The van der Waals surface area contributed by atoms with Gasteiger partial charge >= 0.3 is 18.1 Å². The molecule has 1 N–H and O–H groups in total. The number of hydrogen-bond acceptors (Lipinski definition) is 8. The molecule has 0 spiro atoms. The lowest BCUT2D eigenvalue weighted by atomic mass is 9.76. The maximum atomic E-state index is 13.5. The van der Waals surface area contributed by atoms with Gasteiger partial charge in [0.1, 0.15) is 0 Å². The van der Waals surface area contributed by atoms with Crippen molar-refractivity contribution >= 4 is 40.7 Å². The third kappa shape index (κ3) is 4.80. The van der Waals surface area contributed by atoms with Crippen LogP contribution in [0.4, 0.5) is 13.2 Å². The fourth-order valence-corrected chi connectivity index (χ4v) is 6.58. The van der Waals surface area contributed by atoms with E-state index in [1.165, 1.54) is 31.9 Å². The van der Waals surface area contributed by atoms with Crippen molar-refractivity contribution in [1.82, 2.24) is 9.80 Å². The van der Waals surface area contributed by atoms with Crippen molar-refractivity contribution in [2.24, 2.45) is 22.7 Å². The fraction of sp³-hybridized carbons (Fsp3) is 0.542. The van der Waals surface area contributed by atoms with Gasteiger partial charge < -0.3 is 14.7 Å². The molecule has 1 aromatic carbocycles. The minimum atomic E-state index is -5.08. The zero-order valence-corrected chi connectivity index (χ0v) is 20.9. The van der Waals surface area contributed by atoms with Crippen molar-refractivity contribution in [1.29, 1.82) is 0 Å². The van der Waals surface area contributed by atoms with Crippen LogP contribution in [0.3, 0.4) is 0 Å². The van der Waals surface area contributed by atoms with E-state index in [4.69, 9.17) is 19.6 Å². The lowest BCUT2D eigenvalue weighted by molar-refractivity contribution is -0.192. The van der Waals surface area contributed by atoms with Crippen LogP contribution in [0.1, 0.15) is 18.4 Å². The third-order valence-corrected chi connectivity index (χ3v) is 8.35. The molecule has 0 unspecified atom stereocenters. The lowest BCUT2D eigenvalue weighted by Gasteiger charge is -2.40. The van der Waals surface area contributed by atoms with Crippen LogP contribution < -0.4 is 0 Å². The number of thioether (sulfide) groups is 1. The summed E-state index contributed by atoms with van der Waals surface area (Å²) in [4.78, 5) is 56.6. The monoisotopic (exact) mass is 541 g/mol. The summed E-state index contributed by atoms with van der Waals surface area (Å²) in [6.07, 6.45) is -2.33. The number of methoxy groups -OCH3 is 1. The van der Waals surface area contributed by atoms with Gasteiger partial charge in [-0.3, -0.25) is 19.5 Å². The Labute approximate surface area is 215 Å². The number of amides is 2. The minimum absolute atomic E-state index is 0.220. The highest BCUT2D eigenvalue weighted by Crippen LogP contribution is 2.53. The van der Waals surface area contributed by atoms with Crippen LogP contribution >= 0.6 is 11.8 Å². The van der Waals surface area contributed by atoms with Gasteiger partial charge in [-0.15, -0.1) is 0 Å². The fourth-order valence-electron chi connectivity index (χ4n) is 5.26. The molecule has 1 aliphatic carbocycles. The van der Waals surface area contributed by atoms with Gasteiger partial charge in [0.25, 0.3) is 0 Å². The topological polar surface area (TPSA) is 117 Å². The first-order chi connectivity index (χ1) is 17.4. The molecule has 2 amide bonds. The number of imide groups is 1. The molecule has 9 nitrogen and oxygen atoms in total. The zero-order chi connectivity index (χ0) is 27.1. The van der Waals surface area contributed by atoms with Crippen molar-refractivity contribution in [3.05, 3.63) is 35.9 Å². The van der Waals surface area contributed by atoms with Crippen LogP contribution in [-0.2, 0) is 30.3 Å². The Morgan fingerprint density at radius 2 is 1.81 bits per heavy atom. The first kappa shape index (κ1) is 27.0. The van der Waals surface area contributed by atoms with Gasteiger partial charge in [-0.1, -0.05) is 42.1 Å². The number of carbonyl (C=O) groups excluding carboxylic acids is 3. The average molecular weight is 542 g/mol. The van der Waals surface area contributed by atoms with Crippen LogP contribution in [-0.4, -0.2) is 88.0 Å². The molecule has 3 heterocycles. The molecule has 0 bridgehead atoms. The van der Waals surface area contributed by atoms with Crippen molar-refractivity contribution < 1.29 is 42.2 Å². The van der Waals surface area contributed by atoms with Crippen LogP contribution in [0.25, 0.3) is 0 Å². The van der Waals surface area contributed by atoms with Crippen molar-refractivity contribution in [2.45, 2.75) is 37.0 Å². The molecule has 13 heteroatoms. The Morgan fingerprint density at radius 3 is 2.35 bits per heavy atom. The molecule has 1 saturated carbocycles. The second-order valence-electron chi connectivity index (χ2n) is 9.44. The number of aliphatic carboxylic acids is 1. The van der Waals surface area contributed by atoms with E-state index in [9.17, 15) is 27.6 Å². The van der Waals surface area contributed by atoms with Crippen molar-refractivity contribution in [2.75, 3.05) is 26.5 Å². The number of ether oxygens (including phenoxy) is 1. The second-order valence-corrected chi connectivity index (χ2v) is 10.4. The maximum Gasteiger partial charge on any atom is 0.490 e. The van der Waals surface area contributed by atoms with E-state index in [0.29, 0.717) is 18.9 Å². The molecule has 1 aromatic rings. The Morgan fingerprint density at radius 1 is 1.19 bits per heavy atom. The molecule has 0 radical (unpaired) electrons. The SMILES string of the molecule is COC(=O)[C@@]1(Cc2ccccc2)[C@H]2C(=O)N(C)C(=O)[C@H]2[C@H]2CN=C(SCC3CC3)N21.O=C(O)C(F)(F)F. The number of alkyl halides is 3. The molecule has 4 aliphatic rings. The van der Waals surface area contributed by atoms with Crippen molar-refractivity contribution in [3.63, 3.8) is 0 Å². The number of carboxylic acid groups (broad SMARTS) is 1. The normalized spacial score (nSPS) is 28.4. The summed E-state index contributed by atoms with van der Waals surface area (Å²) in [6.45, 7) is 0.425. The molecular weight excluding hydrogens is 515 g/mol. The number of rotatable bonds is 5. The number of carbonyl (C=O) groups is 4. The number of amidine groups is 1. The van der Waals surface area contributed by atoms with E-state index in [1.54, 1.807) is 11.8 Å². The van der Waals surface area contributed by atoms with Crippen LogP contribution in [0.2, 0.25) is 0 Å². The number of carboxylic acids is 1. The summed E-state index contributed by atoms with van der Waals surface area (Å²) in [5.74, 6) is -3.45. The number of hydrogen-bond donors (Lipinski definition) is 1. The van der Waals surface area contributed by atoms with E-state index in [2.05, 4.69) is 0 Å². The number of esters is 1. The maximum absolute atomic E-state index is 13.5. The van der Waals surface area contributed by atoms with Crippen LogP contribution in [0, 0.1) is 17.8 Å². The summed E-state index contributed by atoms with van der Waals surface area (Å²) >= 11 is 1.65. The number of likely N-dealkylation sites (tertiary alicyclic amines) is 1. The van der Waals surface area contributed by atoms with Gasteiger partial charge in [0.05, 0.1) is 31.5 Å². The largest absolute Gasteiger partial charge is 0.490 e. The predicted molar refractivity (Wildman–Crippen MR) is 126 cm³/mol. The van der Waals surface area contributed by atoms with E-state index >= 15 is 0 Å². The average Bonchev–Trinajstić information content (AvgIpc) is 3.47. The van der Waals surface area contributed by atoms with E-state index < -0.39 is 35.5 Å². The number of fused-ring (bicyclic) bond motifs is 3. The van der Waals surface area contributed by atoms with Gasteiger partial charge in [-0.05, 0) is 24.3 Å². The molecule has 3 aliphatic heterocycles. The van der Waals surface area contributed by atoms with E-state index in [1.807, 2.05) is 35.2 Å². The van der Waals surface area contributed by atoms with Gasteiger partial charge in [0, 0.05) is 19.2 Å². The minimum Gasteiger partial charge on any atom is -0.475 e. The van der Waals surface area contributed by atoms with Gasteiger partial charge in [-0.2, -0.15) is 13.2 Å². The summed E-state index contributed by atoms with van der Waals surface area (Å²) < 4.78 is 37.0. The summed E-state index contributed by atoms with van der Waals surface area (Å²) in [5.41, 5.74) is -0.343. The van der Waals surface area contributed by atoms with Gasteiger partial charge in [0.2, 0.25) is 11.8 Å². The molecule has 200 valence electrons. The smallest absolute Gasteiger partial charge is 0.475 e. The highest BCUT2D eigenvalue weighted by Gasteiger charge is 2.73. The lowest BCUT2D eigenvalue weighted by Crippen LogP contribution is -2.60. The quantitative estimate of drug-likeness (QED) is 0.446. The molecule has 5 rings (SSSR count). The number of aliphatic imine (C=N–C) groups is 1. The summed E-state index contributed by atoms with van der Waals surface area (Å²) in [7, 11) is 2.86. The van der Waals surface area contributed by atoms with Crippen LogP contribution in [0.5, 0.6) is 0 Å². The molecule has 3 fully saturated rings. The first-order valence-electron chi connectivity index (χ1n) is 11.6. The van der Waals surface area contributed by atoms with E-state index in [0.717, 1.165) is 16.5 Å². The molecule has 4 atom stereocenters. The van der Waals surface area contributed by atoms with E-state index in [-0.39, 0.29) is 17.9 Å². The number of benzene rings is 1. The molecule has 0 aromatic heterocycles. The summed E-state index contributed by atoms with van der Waals surface area (Å²) in [5, 5.41) is 7.89. The highest BCUT2D eigenvalue weighted by atomic mass is 32.2. The molecular formula is C24H26F3N3O6S.